The van der Waals surface area contributed by atoms with E-state index in [2.05, 4.69) is 11.4 Å². The van der Waals surface area contributed by atoms with Crippen molar-refractivity contribution >= 4 is 21.6 Å². The Morgan fingerprint density at radius 2 is 1.95 bits per heavy atom. The van der Waals surface area contributed by atoms with Gasteiger partial charge in [-0.2, -0.15) is 0 Å². The first-order valence-corrected chi connectivity index (χ1v) is 8.21. The molecule has 0 saturated heterocycles. The highest BCUT2D eigenvalue weighted by atomic mass is 32.2. The molecule has 6 heteroatoms. The van der Waals surface area contributed by atoms with Gasteiger partial charge in [0.1, 0.15) is 0 Å². The van der Waals surface area contributed by atoms with Crippen molar-refractivity contribution in [3.63, 3.8) is 0 Å². The third-order valence-corrected chi connectivity index (χ3v) is 3.96. The normalized spacial score (nSPS) is 18.8. The van der Waals surface area contributed by atoms with E-state index in [0.29, 0.717) is 11.3 Å². The van der Waals surface area contributed by atoms with E-state index in [0.717, 1.165) is 19.3 Å². The van der Waals surface area contributed by atoms with E-state index >= 15 is 0 Å². The first kappa shape index (κ1) is 14.7. The van der Waals surface area contributed by atoms with Gasteiger partial charge < -0.3 is 5.32 Å². The summed E-state index contributed by atoms with van der Waals surface area (Å²) < 4.78 is 21.9. The van der Waals surface area contributed by atoms with Gasteiger partial charge in [0.15, 0.2) is 0 Å². The lowest BCUT2D eigenvalue weighted by molar-refractivity contribution is -0.120. The third kappa shape index (κ3) is 4.47. The molecule has 0 spiro atoms. The Morgan fingerprint density at radius 1 is 1.25 bits per heavy atom. The van der Waals surface area contributed by atoms with Gasteiger partial charge in [-0.3, -0.25) is 4.79 Å². The highest BCUT2D eigenvalue weighted by Crippen LogP contribution is 2.20. The van der Waals surface area contributed by atoms with Crippen molar-refractivity contribution in [2.24, 2.45) is 11.1 Å². The highest BCUT2D eigenvalue weighted by molar-refractivity contribution is 7.88. The van der Waals surface area contributed by atoms with Crippen LogP contribution in [0, 0.1) is 5.92 Å². The minimum absolute atomic E-state index is 0.00791. The molecule has 1 aliphatic rings. The van der Waals surface area contributed by atoms with Gasteiger partial charge in [0.2, 0.25) is 15.9 Å². The maximum atomic E-state index is 12.0. The smallest absolute Gasteiger partial charge is 0.227 e. The van der Waals surface area contributed by atoms with Crippen molar-refractivity contribution in [1.29, 1.82) is 0 Å². The number of carbonyl (C=O) groups excluding carboxylic acids is 1. The van der Waals surface area contributed by atoms with E-state index in [1.165, 1.54) is 0 Å². The third-order valence-electron chi connectivity index (χ3n) is 3.23. The van der Waals surface area contributed by atoms with E-state index in [9.17, 15) is 13.2 Å². The fourth-order valence-electron chi connectivity index (χ4n) is 2.19. The first-order chi connectivity index (χ1) is 9.44. The molecule has 0 aromatic heterocycles. The quantitative estimate of drug-likeness (QED) is 0.829. The van der Waals surface area contributed by atoms with Gasteiger partial charge in [0, 0.05) is 11.6 Å². The largest absolute Gasteiger partial charge is 0.326 e. The van der Waals surface area contributed by atoms with Crippen LogP contribution in [0.5, 0.6) is 0 Å². The van der Waals surface area contributed by atoms with Crippen LogP contribution < -0.4 is 10.5 Å². The topological polar surface area (TPSA) is 89.3 Å². The van der Waals surface area contributed by atoms with Crippen molar-refractivity contribution in [3.8, 4) is 0 Å². The second-order valence-electron chi connectivity index (χ2n) is 4.97. The Bertz CT molecular complexity index is 606. The fraction of sp³-hybridized carbons (Fsp3) is 0.357. The number of hydrogen-bond acceptors (Lipinski definition) is 3. The van der Waals surface area contributed by atoms with Gasteiger partial charge >= 0.3 is 0 Å². The van der Waals surface area contributed by atoms with Gasteiger partial charge in [0.25, 0.3) is 0 Å². The van der Waals surface area contributed by atoms with Crippen LogP contribution in [0.4, 0.5) is 5.69 Å². The van der Waals surface area contributed by atoms with Crippen molar-refractivity contribution in [2.45, 2.75) is 25.0 Å². The van der Waals surface area contributed by atoms with Crippen molar-refractivity contribution in [1.82, 2.24) is 0 Å². The molecule has 0 aliphatic heterocycles. The summed E-state index contributed by atoms with van der Waals surface area (Å²) in [7, 11) is -3.53. The van der Waals surface area contributed by atoms with Crippen LogP contribution in [-0.4, -0.2) is 14.3 Å². The number of hydrogen-bond donors (Lipinski definition) is 2. The number of rotatable bonds is 4. The van der Waals surface area contributed by atoms with Gasteiger partial charge in [-0.1, -0.05) is 24.3 Å². The van der Waals surface area contributed by atoms with E-state index in [1.54, 1.807) is 24.3 Å². The van der Waals surface area contributed by atoms with E-state index in [1.807, 2.05) is 6.08 Å². The number of sulfonamides is 1. The predicted octanol–water partition coefficient (Wildman–Crippen LogP) is 1.77. The number of carbonyl (C=O) groups is 1. The van der Waals surface area contributed by atoms with Crippen LogP contribution in [0.1, 0.15) is 24.8 Å². The Labute approximate surface area is 118 Å². The molecule has 0 heterocycles. The van der Waals surface area contributed by atoms with Gasteiger partial charge in [0.05, 0.1) is 5.75 Å². The SMILES string of the molecule is NS(=O)(=O)Cc1ccc(NC(=O)[C@H]2CC=CCC2)cc1. The van der Waals surface area contributed by atoms with Crippen LogP contribution in [-0.2, 0) is 20.6 Å². The van der Waals surface area contributed by atoms with Crippen LogP contribution >= 0.6 is 0 Å². The lowest BCUT2D eigenvalue weighted by atomic mass is 9.93. The zero-order valence-corrected chi connectivity index (χ0v) is 11.9. The number of anilines is 1. The van der Waals surface area contributed by atoms with Crippen LogP contribution in [0.2, 0.25) is 0 Å². The molecule has 0 saturated carbocycles. The summed E-state index contributed by atoms with van der Waals surface area (Å²) >= 11 is 0. The summed E-state index contributed by atoms with van der Waals surface area (Å²) in [4.78, 5) is 12.0. The molecule has 20 heavy (non-hydrogen) atoms. The first-order valence-electron chi connectivity index (χ1n) is 6.49. The molecule has 0 bridgehead atoms. The molecular weight excluding hydrogens is 276 g/mol. The molecule has 2 rings (SSSR count). The average molecular weight is 294 g/mol. The monoisotopic (exact) mass is 294 g/mol. The molecule has 5 nitrogen and oxygen atoms in total. The zero-order valence-electron chi connectivity index (χ0n) is 11.1. The van der Waals surface area contributed by atoms with E-state index in [-0.39, 0.29) is 17.6 Å². The van der Waals surface area contributed by atoms with Gasteiger partial charge in [-0.15, -0.1) is 0 Å². The van der Waals surface area contributed by atoms with Crippen LogP contribution in [0.25, 0.3) is 0 Å². The molecule has 1 aliphatic carbocycles. The molecule has 108 valence electrons. The number of amides is 1. The lowest BCUT2D eigenvalue weighted by Gasteiger charge is -2.17. The highest BCUT2D eigenvalue weighted by Gasteiger charge is 2.18. The molecule has 0 radical (unpaired) electrons. The standard InChI is InChI=1S/C14H18N2O3S/c15-20(18,19)10-11-6-8-13(9-7-11)16-14(17)12-4-2-1-3-5-12/h1-2,6-9,12H,3-5,10H2,(H,16,17)(H2,15,18,19)/t12-/m0/s1. The number of nitrogens with one attached hydrogen (secondary N) is 1. The maximum absolute atomic E-state index is 12.0. The van der Waals surface area contributed by atoms with Crippen molar-refractivity contribution < 1.29 is 13.2 Å². The summed E-state index contributed by atoms with van der Waals surface area (Å²) in [5.74, 6) is -0.174. The van der Waals surface area contributed by atoms with E-state index < -0.39 is 10.0 Å². The van der Waals surface area contributed by atoms with Gasteiger partial charge in [-0.25, -0.2) is 13.6 Å². The second kappa shape index (κ2) is 6.19. The Balaban J connectivity index is 1.96. The molecule has 1 aromatic rings. The zero-order chi connectivity index (χ0) is 14.6. The summed E-state index contributed by atoms with van der Waals surface area (Å²) in [5, 5.41) is 7.83. The second-order valence-corrected chi connectivity index (χ2v) is 6.59. The lowest BCUT2D eigenvalue weighted by Crippen LogP contribution is -2.23. The van der Waals surface area contributed by atoms with Crippen molar-refractivity contribution in [2.75, 3.05) is 5.32 Å². The molecule has 0 unspecified atom stereocenters. The fourth-order valence-corrected chi connectivity index (χ4v) is 2.85. The Kier molecular flexibility index (Phi) is 4.57. The average Bonchev–Trinajstić information content (AvgIpc) is 2.40. The summed E-state index contributed by atoms with van der Waals surface area (Å²) in [6, 6.07) is 6.69. The summed E-state index contributed by atoms with van der Waals surface area (Å²) in [6.45, 7) is 0. The number of primary sulfonamides is 1. The number of benzene rings is 1. The van der Waals surface area contributed by atoms with Crippen LogP contribution in [0.3, 0.4) is 0 Å². The maximum Gasteiger partial charge on any atom is 0.227 e. The summed E-state index contributed by atoms with van der Waals surface area (Å²) in [5.41, 5.74) is 1.27. The van der Waals surface area contributed by atoms with E-state index in [4.69, 9.17) is 5.14 Å². The Morgan fingerprint density at radius 3 is 2.50 bits per heavy atom. The molecular formula is C14H18N2O3S. The van der Waals surface area contributed by atoms with Crippen molar-refractivity contribution in [3.05, 3.63) is 42.0 Å². The molecule has 1 amide bonds. The van der Waals surface area contributed by atoms with Gasteiger partial charge in [-0.05, 0) is 37.0 Å². The molecule has 0 fully saturated rings. The molecule has 1 atom stereocenters. The predicted molar refractivity (Wildman–Crippen MR) is 78.4 cm³/mol. The summed E-state index contributed by atoms with van der Waals surface area (Å²) in [6.07, 6.45) is 6.70. The van der Waals surface area contributed by atoms with Crippen LogP contribution in [0.15, 0.2) is 36.4 Å². The Hall–Kier alpha value is -1.66. The number of allylic oxidation sites excluding steroid dienone is 2. The molecule has 3 N–H and O–H groups in total. The minimum Gasteiger partial charge on any atom is -0.326 e. The molecule has 1 aromatic carbocycles. The minimum atomic E-state index is -3.53. The number of nitrogens with two attached hydrogens (primary N) is 1.